The van der Waals surface area contributed by atoms with E-state index in [0.29, 0.717) is 6.42 Å². The predicted molar refractivity (Wildman–Crippen MR) is 47.8 cm³/mol. The number of rotatable bonds is 0. The van der Waals surface area contributed by atoms with E-state index in [9.17, 15) is 19.2 Å². The summed E-state index contributed by atoms with van der Waals surface area (Å²) in [6.45, 7) is 0. The minimum atomic E-state index is -0.841. The molecule has 0 N–H and O–H groups in total. The molecule has 2 aliphatic heterocycles. The van der Waals surface area contributed by atoms with Crippen LogP contribution >= 0.6 is 0 Å². The van der Waals surface area contributed by atoms with Crippen molar-refractivity contribution in [3.8, 4) is 0 Å². The Labute approximate surface area is 95.2 Å². The van der Waals surface area contributed by atoms with E-state index in [2.05, 4.69) is 9.47 Å². The first kappa shape index (κ1) is 9.32. The highest BCUT2D eigenvalue weighted by Gasteiger charge is 2.77. The van der Waals surface area contributed by atoms with Crippen LogP contribution in [-0.4, -0.2) is 23.9 Å². The van der Waals surface area contributed by atoms with Gasteiger partial charge in [-0.15, -0.1) is 0 Å². The van der Waals surface area contributed by atoms with Crippen LogP contribution < -0.4 is 0 Å². The van der Waals surface area contributed by atoms with E-state index >= 15 is 0 Å². The zero-order valence-electron chi connectivity index (χ0n) is 8.67. The van der Waals surface area contributed by atoms with Crippen molar-refractivity contribution in [2.24, 2.45) is 29.1 Å². The van der Waals surface area contributed by atoms with Gasteiger partial charge in [-0.1, -0.05) is 0 Å². The van der Waals surface area contributed by atoms with E-state index in [1.165, 1.54) is 0 Å². The van der Waals surface area contributed by atoms with E-state index in [1.807, 2.05) is 0 Å². The Bertz CT molecular complexity index is 498. The van der Waals surface area contributed by atoms with Crippen molar-refractivity contribution in [3.63, 3.8) is 0 Å². The molecule has 0 aromatic carbocycles. The number of carbonyl (C=O) groups is 4. The highest BCUT2D eigenvalue weighted by Crippen LogP contribution is 2.68. The highest BCUT2D eigenvalue weighted by molar-refractivity contribution is 6.05. The van der Waals surface area contributed by atoms with Crippen molar-refractivity contribution in [1.29, 1.82) is 0 Å². The number of cyclic esters (lactones) is 4. The van der Waals surface area contributed by atoms with Crippen LogP contribution in [0.5, 0.6) is 0 Å². The molecule has 5 atom stereocenters. The Kier molecular flexibility index (Phi) is 1.33. The van der Waals surface area contributed by atoms with Crippen LogP contribution in [0, 0.1) is 29.1 Å². The van der Waals surface area contributed by atoms with Crippen molar-refractivity contribution in [2.45, 2.75) is 12.8 Å². The molecule has 0 aromatic rings. The van der Waals surface area contributed by atoms with Crippen molar-refractivity contribution in [2.75, 3.05) is 0 Å². The van der Waals surface area contributed by atoms with Crippen molar-refractivity contribution >= 4 is 23.9 Å². The molecule has 88 valence electrons. The number of ether oxygens (including phenoxy) is 2. The Balaban J connectivity index is 1.81. The molecule has 2 bridgehead atoms. The summed E-state index contributed by atoms with van der Waals surface area (Å²) < 4.78 is 9.24. The monoisotopic (exact) mass is 236 g/mol. The number of hydrogen-bond donors (Lipinski definition) is 0. The van der Waals surface area contributed by atoms with Crippen LogP contribution in [0.4, 0.5) is 0 Å². The third kappa shape index (κ3) is 0.788. The molecule has 2 saturated heterocycles. The molecule has 5 rings (SSSR count). The van der Waals surface area contributed by atoms with Gasteiger partial charge in [0, 0.05) is 0 Å². The first-order chi connectivity index (χ1) is 8.04. The summed E-state index contributed by atoms with van der Waals surface area (Å²) in [5.74, 6) is -4.09. The van der Waals surface area contributed by atoms with Crippen LogP contribution in [0.15, 0.2) is 0 Å². The van der Waals surface area contributed by atoms with Gasteiger partial charge in [-0.3, -0.25) is 19.2 Å². The summed E-state index contributed by atoms with van der Waals surface area (Å²) in [5.41, 5.74) is -0.841. The average molecular weight is 236 g/mol. The van der Waals surface area contributed by atoms with Gasteiger partial charge < -0.3 is 9.47 Å². The SMILES string of the molecule is O=C1OC(=O)C2C1CC13CC2C1C(=O)OC3=O. The fourth-order valence-electron chi connectivity index (χ4n) is 4.04. The molecule has 0 aromatic heterocycles. The standard InChI is InChI=1S/C11H8O6/c12-7-4-2-11-1-3(5(4)8(13)16-7)6(11)9(14)17-10(11)15/h3-6H,1-2H2. The maximum Gasteiger partial charge on any atom is 0.320 e. The third-order valence-electron chi connectivity index (χ3n) is 4.73. The van der Waals surface area contributed by atoms with E-state index in [-0.39, 0.29) is 12.3 Å². The van der Waals surface area contributed by atoms with E-state index in [0.717, 1.165) is 0 Å². The largest absolute Gasteiger partial charge is 0.393 e. The lowest BCUT2D eigenvalue weighted by atomic mass is 9.43. The lowest BCUT2D eigenvalue weighted by Crippen LogP contribution is -2.60. The molecule has 0 radical (unpaired) electrons. The normalized spacial score (nSPS) is 50.4. The molecule has 5 fully saturated rings. The van der Waals surface area contributed by atoms with E-state index in [1.54, 1.807) is 0 Å². The number of carbonyl (C=O) groups excluding carboxylic acids is 4. The second-order valence-electron chi connectivity index (χ2n) is 5.29. The van der Waals surface area contributed by atoms with E-state index in [4.69, 9.17) is 0 Å². The lowest BCUT2D eigenvalue weighted by molar-refractivity contribution is -0.171. The Hall–Kier alpha value is -1.72. The molecule has 1 spiro atoms. The summed E-state index contributed by atoms with van der Waals surface area (Å²) >= 11 is 0. The van der Waals surface area contributed by atoms with Gasteiger partial charge in [0.25, 0.3) is 0 Å². The molecule has 3 aliphatic carbocycles. The topological polar surface area (TPSA) is 86.7 Å². The molecule has 2 heterocycles. The quantitative estimate of drug-likeness (QED) is 0.413. The Morgan fingerprint density at radius 2 is 1.71 bits per heavy atom. The maximum absolute atomic E-state index is 11.7. The third-order valence-corrected chi connectivity index (χ3v) is 4.73. The van der Waals surface area contributed by atoms with Gasteiger partial charge in [0.2, 0.25) is 0 Å². The second-order valence-corrected chi connectivity index (χ2v) is 5.29. The summed E-state index contributed by atoms with van der Waals surface area (Å²) in [7, 11) is 0. The first-order valence-corrected chi connectivity index (χ1v) is 5.56. The molecule has 5 unspecified atom stereocenters. The molecule has 5 aliphatic rings. The molecule has 3 saturated carbocycles. The fraction of sp³-hybridized carbons (Fsp3) is 0.636. The van der Waals surface area contributed by atoms with Crippen molar-refractivity contribution in [1.82, 2.24) is 0 Å². The van der Waals surface area contributed by atoms with Crippen LogP contribution in [0.25, 0.3) is 0 Å². The van der Waals surface area contributed by atoms with Crippen molar-refractivity contribution in [3.05, 3.63) is 0 Å². The number of hydrogen-bond acceptors (Lipinski definition) is 6. The summed E-state index contributed by atoms with van der Waals surface area (Å²) in [6.07, 6.45) is 0.680. The summed E-state index contributed by atoms with van der Waals surface area (Å²) in [4.78, 5) is 46.3. The molecule has 6 heteroatoms. The Morgan fingerprint density at radius 1 is 0.941 bits per heavy atom. The molecule has 0 amide bonds. The van der Waals surface area contributed by atoms with Gasteiger partial charge in [-0.25, -0.2) is 0 Å². The molecular formula is C11H8O6. The molecule has 6 nitrogen and oxygen atoms in total. The van der Waals surface area contributed by atoms with Gasteiger partial charge in [0.05, 0.1) is 23.2 Å². The average Bonchev–Trinajstić information content (AvgIpc) is 2.62. The minimum Gasteiger partial charge on any atom is -0.393 e. The summed E-state index contributed by atoms with van der Waals surface area (Å²) in [5, 5.41) is 0. The van der Waals surface area contributed by atoms with Gasteiger partial charge in [0.15, 0.2) is 0 Å². The van der Waals surface area contributed by atoms with Gasteiger partial charge >= 0.3 is 23.9 Å². The smallest absolute Gasteiger partial charge is 0.320 e. The van der Waals surface area contributed by atoms with Gasteiger partial charge in [-0.2, -0.15) is 0 Å². The van der Waals surface area contributed by atoms with Crippen LogP contribution in [0.3, 0.4) is 0 Å². The number of esters is 4. The van der Waals surface area contributed by atoms with Crippen LogP contribution in [0.1, 0.15) is 12.8 Å². The van der Waals surface area contributed by atoms with Gasteiger partial charge in [-0.05, 0) is 18.8 Å². The first-order valence-electron chi connectivity index (χ1n) is 5.56. The Morgan fingerprint density at radius 3 is 2.47 bits per heavy atom. The molecule has 17 heavy (non-hydrogen) atoms. The fourth-order valence-corrected chi connectivity index (χ4v) is 4.04. The van der Waals surface area contributed by atoms with Crippen LogP contribution in [-0.2, 0) is 28.7 Å². The minimum absolute atomic E-state index is 0.216. The van der Waals surface area contributed by atoms with Crippen LogP contribution in [0.2, 0.25) is 0 Å². The second kappa shape index (κ2) is 2.42. The zero-order valence-corrected chi connectivity index (χ0v) is 8.67. The summed E-state index contributed by atoms with van der Waals surface area (Å²) in [6, 6.07) is 0. The van der Waals surface area contributed by atoms with E-state index < -0.39 is 47.0 Å². The maximum atomic E-state index is 11.7. The van der Waals surface area contributed by atoms with Gasteiger partial charge in [0.1, 0.15) is 0 Å². The lowest BCUT2D eigenvalue weighted by Gasteiger charge is -2.53. The molecular weight excluding hydrogens is 228 g/mol. The highest BCUT2D eigenvalue weighted by atomic mass is 16.6. The van der Waals surface area contributed by atoms with Crippen molar-refractivity contribution < 1.29 is 28.7 Å². The zero-order chi connectivity index (χ0) is 11.9. The predicted octanol–water partition coefficient (Wildman–Crippen LogP) is -0.588.